The van der Waals surface area contributed by atoms with Gasteiger partial charge in [0.1, 0.15) is 0 Å². The van der Waals surface area contributed by atoms with Gasteiger partial charge in [0.25, 0.3) is 0 Å². The van der Waals surface area contributed by atoms with E-state index in [-0.39, 0.29) is 0 Å². The van der Waals surface area contributed by atoms with Gasteiger partial charge in [-0.3, -0.25) is 0 Å². The van der Waals surface area contributed by atoms with E-state index in [1.807, 2.05) is 0 Å². The Hall–Kier alpha value is -1.62. The monoisotopic (exact) mass is 396 g/mol. The van der Waals surface area contributed by atoms with E-state index in [1.54, 1.807) is 0 Å². The molecule has 0 aliphatic carbocycles. The van der Waals surface area contributed by atoms with Crippen LogP contribution in [0.1, 0.15) is 78.6 Å². The summed E-state index contributed by atoms with van der Waals surface area (Å²) in [6.45, 7) is 18.6. The molecule has 0 radical (unpaired) electrons. The zero-order valence-electron chi connectivity index (χ0n) is 18.4. The first-order valence-electron chi connectivity index (χ1n) is 11.0. The molecular weight excluding hydrogens is 354 g/mol. The highest BCUT2D eigenvalue weighted by Gasteiger charge is 2.19. The SMILES string of the molecule is C=CC(=O)OC(CCCCCCCCCC[N+](CC)(CC)CC)OC(=O)C=C. The number of nitrogens with zero attached hydrogens (tertiary/aromatic N) is 1. The first-order chi connectivity index (χ1) is 13.5. The molecule has 0 heterocycles. The highest BCUT2D eigenvalue weighted by molar-refractivity contribution is 5.82. The van der Waals surface area contributed by atoms with Gasteiger partial charge in [0, 0.05) is 18.6 Å². The van der Waals surface area contributed by atoms with E-state index in [9.17, 15) is 9.59 Å². The lowest BCUT2D eigenvalue weighted by atomic mass is 10.1. The molecule has 0 fully saturated rings. The quantitative estimate of drug-likeness (QED) is 0.106. The molecule has 0 saturated heterocycles. The van der Waals surface area contributed by atoms with Crippen LogP contribution in [0.25, 0.3) is 0 Å². The molecule has 0 aromatic carbocycles. The molecule has 0 N–H and O–H groups in total. The van der Waals surface area contributed by atoms with Gasteiger partial charge in [0.15, 0.2) is 0 Å². The van der Waals surface area contributed by atoms with Crippen LogP contribution in [0.4, 0.5) is 0 Å². The van der Waals surface area contributed by atoms with Gasteiger partial charge in [0.05, 0.1) is 26.2 Å². The molecule has 0 aliphatic rings. The summed E-state index contributed by atoms with van der Waals surface area (Å²) >= 11 is 0. The maximum atomic E-state index is 11.3. The van der Waals surface area contributed by atoms with E-state index < -0.39 is 18.2 Å². The number of rotatable bonds is 18. The minimum Gasteiger partial charge on any atom is -0.422 e. The number of hydrogen-bond acceptors (Lipinski definition) is 4. The Balaban J connectivity index is 3.82. The largest absolute Gasteiger partial charge is 0.422 e. The molecule has 162 valence electrons. The maximum Gasteiger partial charge on any atom is 0.333 e. The van der Waals surface area contributed by atoms with Gasteiger partial charge >= 0.3 is 11.9 Å². The van der Waals surface area contributed by atoms with Gasteiger partial charge in [-0.15, -0.1) is 0 Å². The molecule has 0 aliphatic heterocycles. The van der Waals surface area contributed by atoms with E-state index >= 15 is 0 Å². The van der Waals surface area contributed by atoms with E-state index in [2.05, 4.69) is 33.9 Å². The summed E-state index contributed by atoms with van der Waals surface area (Å²) in [4.78, 5) is 22.6. The number of quaternary nitrogens is 1. The molecule has 0 aromatic heterocycles. The van der Waals surface area contributed by atoms with Crippen LogP contribution in [0.5, 0.6) is 0 Å². The summed E-state index contributed by atoms with van der Waals surface area (Å²) in [7, 11) is 0. The van der Waals surface area contributed by atoms with Crippen LogP contribution in [-0.4, -0.2) is 48.9 Å². The molecule has 5 heteroatoms. The van der Waals surface area contributed by atoms with Gasteiger partial charge in [-0.1, -0.05) is 45.3 Å². The topological polar surface area (TPSA) is 52.6 Å². The second-order valence-corrected chi connectivity index (χ2v) is 7.34. The summed E-state index contributed by atoms with van der Waals surface area (Å²) in [5.74, 6) is -1.17. The lowest BCUT2D eigenvalue weighted by Crippen LogP contribution is -2.48. The van der Waals surface area contributed by atoms with Crippen molar-refractivity contribution in [3.8, 4) is 0 Å². The van der Waals surface area contributed by atoms with Crippen molar-refractivity contribution < 1.29 is 23.5 Å². The fourth-order valence-corrected chi connectivity index (χ4v) is 3.46. The van der Waals surface area contributed by atoms with Crippen LogP contribution < -0.4 is 0 Å². The summed E-state index contributed by atoms with van der Waals surface area (Å²) in [5, 5.41) is 0. The normalized spacial score (nSPS) is 11.3. The van der Waals surface area contributed by atoms with Gasteiger partial charge in [-0.05, 0) is 40.0 Å². The molecule has 0 rings (SSSR count). The predicted octanol–water partition coefficient (Wildman–Crippen LogP) is 5.16. The van der Waals surface area contributed by atoms with Crippen molar-refractivity contribution in [3.05, 3.63) is 25.3 Å². The molecule has 0 saturated carbocycles. The average Bonchev–Trinajstić information content (AvgIpc) is 2.72. The van der Waals surface area contributed by atoms with Crippen molar-refractivity contribution in [2.45, 2.75) is 84.8 Å². The van der Waals surface area contributed by atoms with Crippen LogP contribution in [-0.2, 0) is 19.1 Å². The van der Waals surface area contributed by atoms with Gasteiger partial charge in [-0.2, -0.15) is 0 Å². The van der Waals surface area contributed by atoms with Crippen LogP contribution in [0.3, 0.4) is 0 Å². The lowest BCUT2D eigenvalue weighted by molar-refractivity contribution is -0.923. The Kier molecular flexibility index (Phi) is 15.4. The molecule has 5 nitrogen and oxygen atoms in total. The first-order valence-corrected chi connectivity index (χ1v) is 11.0. The first kappa shape index (κ1) is 26.4. The van der Waals surface area contributed by atoms with Crippen molar-refractivity contribution in [2.75, 3.05) is 26.2 Å². The van der Waals surface area contributed by atoms with Crippen molar-refractivity contribution in [2.24, 2.45) is 0 Å². The van der Waals surface area contributed by atoms with E-state index in [1.165, 1.54) is 62.8 Å². The highest BCUT2D eigenvalue weighted by atomic mass is 16.7. The number of carbonyl (C=O) groups is 2. The van der Waals surface area contributed by atoms with Gasteiger partial charge < -0.3 is 14.0 Å². The smallest absolute Gasteiger partial charge is 0.333 e. The molecule has 0 amide bonds. The van der Waals surface area contributed by atoms with Gasteiger partial charge in [-0.25, -0.2) is 9.59 Å². The third-order valence-electron chi connectivity index (χ3n) is 5.66. The third-order valence-corrected chi connectivity index (χ3v) is 5.66. The Labute approximate surface area is 172 Å². The van der Waals surface area contributed by atoms with Crippen molar-refractivity contribution in [3.63, 3.8) is 0 Å². The highest BCUT2D eigenvalue weighted by Crippen LogP contribution is 2.15. The van der Waals surface area contributed by atoms with E-state index in [0.29, 0.717) is 6.42 Å². The second kappa shape index (κ2) is 16.3. The molecule has 0 bridgehead atoms. The van der Waals surface area contributed by atoms with Crippen LogP contribution in [0.15, 0.2) is 25.3 Å². The Morgan fingerprint density at radius 3 is 1.54 bits per heavy atom. The lowest BCUT2D eigenvalue weighted by Gasteiger charge is -2.35. The molecule has 0 atom stereocenters. The summed E-state index contributed by atoms with van der Waals surface area (Å²) in [6, 6.07) is 0. The summed E-state index contributed by atoms with van der Waals surface area (Å²) < 4.78 is 11.3. The van der Waals surface area contributed by atoms with Crippen LogP contribution >= 0.6 is 0 Å². The average molecular weight is 397 g/mol. The summed E-state index contributed by atoms with van der Waals surface area (Å²) in [6.07, 6.45) is 11.2. The molecule has 0 aromatic rings. The third kappa shape index (κ3) is 12.0. The van der Waals surface area contributed by atoms with E-state index in [0.717, 1.165) is 31.4 Å². The maximum absolute atomic E-state index is 11.3. The zero-order valence-corrected chi connectivity index (χ0v) is 18.4. The Morgan fingerprint density at radius 1 is 0.750 bits per heavy atom. The number of esters is 2. The minimum absolute atomic E-state index is 0.504. The van der Waals surface area contributed by atoms with Crippen molar-refractivity contribution in [1.82, 2.24) is 0 Å². The van der Waals surface area contributed by atoms with Crippen LogP contribution in [0.2, 0.25) is 0 Å². The Bertz CT molecular complexity index is 427. The van der Waals surface area contributed by atoms with Crippen molar-refractivity contribution in [1.29, 1.82) is 0 Å². The molecular formula is C23H42NO4+. The minimum atomic E-state index is -0.856. The Morgan fingerprint density at radius 2 is 1.14 bits per heavy atom. The standard InChI is InChI=1S/C23H42NO4/c1-6-21(25)27-23(28-22(26)7-2)19-17-15-13-11-12-14-16-18-20-24(8-3,9-4)10-5/h6-7,23H,1-2,8-20H2,3-5H3/q+1. The number of hydrogen-bond donors (Lipinski definition) is 0. The molecule has 0 spiro atoms. The zero-order chi connectivity index (χ0) is 21.3. The number of ether oxygens (including phenoxy) is 2. The molecule has 28 heavy (non-hydrogen) atoms. The second-order valence-electron chi connectivity index (χ2n) is 7.34. The fourth-order valence-electron chi connectivity index (χ4n) is 3.46. The predicted molar refractivity (Wildman–Crippen MR) is 115 cm³/mol. The summed E-state index contributed by atoms with van der Waals surface area (Å²) in [5.41, 5.74) is 0. The van der Waals surface area contributed by atoms with E-state index in [4.69, 9.17) is 9.47 Å². The van der Waals surface area contributed by atoms with Crippen LogP contribution in [0, 0.1) is 0 Å². The fraction of sp³-hybridized carbons (Fsp3) is 0.739. The van der Waals surface area contributed by atoms with Crippen molar-refractivity contribution >= 4 is 11.9 Å². The number of carbonyl (C=O) groups excluding carboxylic acids is 2. The number of unbranched alkanes of at least 4 members (excludes halogenated alkanes) is 7. The molecule has 0 unspecified atom stereocenters. The van der Waals surface area contributed by atoms with Gasteiger partial charge in [0.2, 0.25) is 6.29 Å².